The van der Waals surface area contributed by atoms with Crippen LogP contribution in [0.5, 0.6) is 0 Å². The number of carbonyl (C=O) groups is 3. The summed E-state index contributed by atoms with van der Waals surface area (Å²) in [6.45, 7) is 6.50. The van der Waals surface area contributed by atoms with Crippen molar-refractivity contribution in [1.29, 1.82) is 0 Å². The van der Waals surface area contributed by atoms with Gasteiger partial charge < -0.3 is 14.2 Å². The molecule has 0 aromatic carbocycles. The van der Waals surface area contributed by atoms with Crippen LogP contribution in [-0.2, 0) is 28.6 Å². The zero-order valence-corrected chi connectivity index (χ0v) is 54.5. The standard InChI is InChI=1S/C76H134O6/c1-4-7-10-13-16-18-20-22-24-26-28-30-32-34-36-37-38-39-41-42-44-46-48-50-52-54-56-58-60-63-66-69-75(78)81-72-73(71-80-74(77)68-65-62-15-12-9-6-3)82-76(79)70-67-64-61-59-57-55-53-51-49-47-45-43-40-35-33-31-29-27-25-23-21-19-17-14-11-8-5-2/h7,10,16,18,21-24,27-30,34,36,73H,4-6,8-9,11-15,17,19-20,25-26,31-33,35,37-72H2,1-3H3/b10-7-,18-16-,23-21-,24-22-,29-27-,30-28-,36-34-. The van der Waals surface area contributed by atoms with E-state index in [4.69, 9.17) is 14.2 Å². The van der Waals surface area contributed by atoms with E-state index in [9.17, 15) is 14.4 Å². The number of rotatable bonds is 65. The van der Waals surface area contributed by atoms with Gasteiger partial charge in [-0.3, -0.25) is 14.4 Å². The fourth-order valence-corrected chi connectivity index (χ4v) is 10.3. The summed E-state index contributed by atoms with van der Waals surface area (Å²) in [4.78, 5) is 38.1. The molecule has 0 aliphatic carbocycles. The molecule has 0 bridgehead atoms. The fraction of sp³-hybridized carbons (Fsp3) is 0.776. The lowest BCUT2D eigenvalue weighted by molar-refractivity contribution is -0.167. The summed E-state index contributed by atoms with van der Waals surface area (Å²) in [5.41, 5.74) is 0. The Balaban J connectivity index is 4.00. The quantitative estimate of drug-likeness (QED) is 0.0261. The minimum atomic E-state index is -0.772. The molecule has 0 aromatic rings. The highest BCUT2D eigenvalue weighted by atomic mass is 16.6. The molecular weight excluding hydrogens is 1010 g/mol. The normalized spacial score (nSPS) is 12.6. The second-order valence-electron chi connectivity index (χ2n) is 23.8. The zero-order chi connectivity index (χ0) is 59.2. The van der Waals surface area contributed by atoms with Crippen LogP contribution in [0.4, 0.5) is 0 Å². The maximum atomic E-state index is 12.9. The molecule has 0 aliphatic rings. The van der Waals surface area contributed by atoms with Gasteiger partial charge in [0.15, 0.2) is 6.10 Å². The van der Waals surface area contributed by atoms with Crippen molar-refractivity contribution in [3.05, 3.63) is 85.1 Å². The Kier molecular flexibility index (Phi) is 67.2. The van der Waals surface area contributed by atoms with Crippen molar-refractivity contribution >= 4 is 17.9 Å². The molecular formula is C76H134O6. The van der Waals surface area contributed by atoms with Crippen molar-refractivity contribution in [1.82, 2.24) is 0 Å². The summed E-state index contributed by atoms with van der Waals surface area (Å²) >= 11 is 0. The van der Waals surface area contributed by atoms with Gasteiger partial charge in [-0.15, -0.1) is 0 Å². The molecule has 0 aromatic heterocycles. The second-order valence-corrected chi connectivity index (χ2v) is 23.8. The number of hydrogen-bond acceptors (Lipinski definition) is 6. The van der Waals surface area contributed by atoms with Crippen LogP contribution in [0.1, 0.15) is 361 Å². The molecule has 0 rings (SSSR count). The first-order chi connectivity index (χ1) is 40.5. The number of carbonyl (C=O) groups excluding carboxylic acids is 3. The first-order valence-corrected chi connectivity index (χ1v) is 35.6. The first-order valence-electron chi connectivity index (χ1n) is 35.6. The van der Waals surface area contributed by atoms with Gasteiger partial charge in [-0.2, -0.15) is 0 Å². The van der Waals surface area contributed by atoms with Crippen LogP contribution in [0.15, 0.2) is 85.1 Å². The average Bonchev–Trinajstić information content (AvgIpc) is 3.47. The van der Waals surface area contributed by atoms with E-state index < -0.39 is 6.10 Å². The van der Waals surface area contributed by atoms with Gasteiger partial charge in [0.25, 0.3) is 0 Å². The molecule has 0 saturated heterocycles. The van der Waals surface area contributed by atoms with Crippen molar-refractivity contribution in [2.24, 2.45) is 0 Å². The molecule has 0 spiro atoms. The predicted molar refractivity (Wildman–Crippen MR) is 358 cm³/mol. The van der Waals surface area contributed by atoms with Gasteiger partial charge in [-0.25, -0.2) is 0 Å². The van der Waals surface area contributed by atoms with Crippen LogP contribution in [0.3, 0.4) is 0 Å². The van der Waals surface area contributed by atoms with Gasteiger partial charge in [-0.05, 0) is 96.3 Å². The molecule has 0 aliphatic heterocycles. The second kappa shape index (κ2) is 70.1. The number of esters is 3. The SMILES string of the molecule is CC/C=C\C/C=C\C/C=C\C/C=C\C/C=C\CCCCCCCCCCCCCCCCCC(=O)OCC(COC(=O)CCCCCCCC)OC(=O)CCCCCCCCCCCCCCCCC/C=C\C/C=C\CCCCCCC. The summed E-state index contributed by atoms with van der Waals surface area (Å²) < 4.78 is 16.9. The molecule has 6 nitrogen and oxygen atoms in total. The minimum absolute atomic E-state index is 0.0721. The Morgan fingerprint density at radius 1 is 0.256 bits per heavy atom. The van der Waals surface area contributed by atoms with E-state index in [2.05, 4.69) is 106 Å². The largest absolute Gasteiger partial charge is 0.462 e. The maximum absolute atomic E-state index is 12.9. The predicted octanol–water partition coefficient (Wildman–Crippen LogP) is 24.6. The third kappa shape index (κ3) is 67.4. The maximum Gasteiger partial charge on any atom is 0.306 e. The van der Waals surface area contributed by atoms with Crippen LogP contribution in [0.2, 0.25) is 0 Å². The molecule has 0 amide bonds. The van der Waals surface area contributed by atoms with Crippen LogP contribution >= 0.6 is 0 Å². The van der Waals surface area contributed by atoms with Gasteiger partial charge in [0.1, 0.15) is 13.2 Å². The van der Waals surface area contributed by atoms with Crippen LogP contribution in [-0.4, -0.2) is 37.2 Å². The molecule has 0 saturated carbocycles. The molecule has 0 N–H and O–H groups in total. The van der Waals surface area contributed by atoms with Crippen molar-refractivity contribution < 1.29 is 28.6 Å². The molecule has 0 radical (unpaired) electrons. The Labute approximate surface area is 509 Å². The monoisotopic (exact) mass is 1140 g/mol. The minimum Gasteiger partial charge on any atom is -0.462 e. The fourth-order valence-electron chi connectivity index (χ4n) is 10.3. The van der Waals surface area contributed by atoms with Crippen LogP contribution < -0.4 is 0 Å². The van der Waals surface area contributed by atoms with Crippen molar-refractivity contribution in [2.45, 2.75) is 367 Å². The smallest absolute Gasteiger partial charge is 0.306 e. The van der Waals surface area contributed by atoms with Gasteiger partial charge in [0.05, 0.1) is 0 Å². The van der Waals surface area contributed by atoms with E-state index in [1.54, 1.807) is 0 Å². The average molecular weight is 1140 g/mol. The molecule has 0 fully saturated rings. The molecule has 6 heteroatoms. The summed E-state index contributed by atoms with van der Waals surface area (Å²) in [6, 6.07) is 0. The van der Waals surface area contributed by atoms with Crippen LogP contribution in [0, 0.1) is 0 Å². The number of allylic oxidation sites excluding steroid dienone is 14. The van der Waals surface area contributed by atoms with E-state index >= 15 is 0 Å². The number of ether oxygens (including phenoxy) is 3. The van der Waals surface area contributed by atoms with Gasteiger partial charge >= 0.3 is 17.9 Å². The van der Waals surface area contributed by atoms with E-state index in [0.717, 1.165) is 96.3 Å². The molecule has 82 heavy (non-hydrogen) atoms. The Morgan fingerprint density at radius 3 is 0.744 bits per heavy atom. The van der Waals surface area contributed by atoms with E-state index in [1.165, 1.54) is 225 Å². The van der Waals surface area contributed by atoms with Crippen molar-refractivity contribution in [2.75, 3.05) is 13.2 Å². The first kappa shape index (κ1) is 78.6. The lowest BCUT2D eigenvalue weighted by Gasteiger charge is -2.18. The Morgan fingerprint density at radius 2 is 0.476 bits per heavy atom. The van der Waals surface area contributed by atoms with Gasteiger partial charge in [0, 0.05) is 19.3 Å². The molecule has 1 atom stereocenters. The molecule has 474 valence electrons. The number of unbranched alkanes of at least 4 members (excludes halogenated alkanes) is 40. The van der Waals surface area contributed by atoms with Gasteiger partial charge in [-0.1, -0.05) is 331 Å². The highest BCUT2D eigenvalue weighted by molar-refractivity contribution is 5.71. The van der Waals surface area contributed by atoms with Crippen LogP contribution in [0.25, 0.3) is 0 Å². The number of hydrogen-bond donors (Lipinski definition) is 0. The highest BCUT2D eigenvalue weighted by Gasteiger charge is 2.19. The Bertz CT molecular complexity index is 1550. The lowest BCUT2D eigenvalue weighted by Crippen LogP contribution is -2.30. The van der Waals surface area contributed by atoms with Gasteiger partial charge in [0.2, 0.25) is 0 Å². The summed E-state index contributed by atoms with van der Waals surface area (Å²) in [6.07, 6.45) is 93.7. The van der Waals surface area contributed by atoms with Crippen molar-refractivity contribution in [3.8, 4) is 0 Å². The zero-order valence-electron chi connectivity index (χ0n) is 54.5. The Hall–Kier alpha value is -3.41. The third-order valence-electron chi connectivity index (χ3n) is 15.6. The topological polar surface area (TPSA) is 78.9 Å². The molecule has 1 unspecified atom stereocenters. The lowest BCUT2D eigenvalue weighted by atomic mass is 10.0. The van der Waals surface area contributed by atoms with Crippen molar-refractivity contribution in [3.63, 3.8) is 0 Å². The van der Waals surface area contributed by atoms with E-state index in [0.29, 0.717) is 19.3 Å². The molecule has 0 heterocycles. The summed E-state index contributed by atoms with van der Waals surface area (Å²) in [5, 5.41) is 0. The van der Waals surface area contributed by atoms with E-state index in [-0.39, 0.29) is 31.1 Å². The third-order valence-corrected chi connectivity index (χ3v) is 15.6. The summed E-state index contributed by atoms with van der Waals surface area (Å²) in [7, 11) is 0. The highest BCUT2D eigenvalue weighted by Crippen LogP contribution is 2.18. The summed E-state index contributed by atoms with van der Waals surface area (Å²) in [5.74, 6) is -0.864. The van der Waals surface area contributed by atoms with E-state index in [1.807, 2.05) is 0 Å².